The van der Waals surface area contributed by atoms with Crippen molar-refractivity contribution in [3.05, 3.63) is 53.1 Å². The number of benzene rings is 2. The highest BCUT2D eigenvalue weighted by molar-refractivity contribution is 5.96. The second kappa shape index (κ2) is 15.9. The van der Waals surface area contributed by atoms with Gasteiger partial charge in [0.15, 0.2) is 6.54 Å². The van der Waals surface area contributed by atoms with Crippen LogP contribution in [0.15, 0.2) is 36.4 Å². The normalized spacial score (nSPS) is 17.1. The predicted octanol–water partition coefficient (Wildman–Crippen LogP) is 5.40. The number of likely N-dealkylation sites (N-methyl/N-ethyl adjacent to an activating group) is 1. The maximum absolute atomic E-state index is 13.3. The second-order valence-corrected chi connectivity index (χ2v) is 11.5. The monoisotopic (exact) mass is 567 g/mol. The number of quaternary nitrogens is 1. The number of hydrogen-bond acceptors (Lipinski definition) is 5. The van der Waals surface area contributed by atoms with E-state index in [1.165, 1.54) is 0 Å². The van der Waals surface area contributed by atoms with E-state index in [2.05, 4.69) is 29.4 Å². The van der Waals surface area contributed by atoms with Crippen LogP contribution in [0.1, 0.15) is 62.6 Å². The standard InChI is InChI=1S/C33H50N4O4/c1-6-8-20-37(7-2,24-30(39)34-32-27(5)15-12-17-29(32)38)21-23-41-22-19-36-18-10-9-16-28(36)33(40)35-31-25(3)13-11-14-26(31)4/h11-15,17,28H,6-10,16,18-24H2,1-5H3,(H2-,34,35,38,39,40)/p+1. The number of nitrogens with one attached hydrogen (secondary N) is 2. The van der Waals surface area contributed by atoms with Gasteiger partial charge in [-0.1, -0.05) is 50.1 Å². The Morgan fingerprint density at radius 1 is 0.951 bits per heavy atom. The first-order valence-electron chi connectivity index (χ1n) is 15.3. The maximum atomic E-state index is 13.3. The molecule has 2 aromatic rings. The molecule has 8 nitrogen and oxygen atoms in total. The Hall–Kier alpha value is -2.94. The van der Waals surface area contributed by atoms with E-state index in [-0.39, 0.29) is 23.6 Å². The van der Waals surface area contributed by atoms with Crippen molar-refractivity contribution in [1.29, 1.82) is 0 Å². The number of carbonyl (C=O) groups excluding carboxylic acids is 2. The zero-order valence-corrected chi connectivity index (χ0v) is 25.8. The minimum Gasteiger partial charge on any atom is -0.506 e. The van der Waals surface area contributed by atoms with Gasteiger partial charge in [0.05, 0.1) is 38.0 Å². The van der Waals surface area contributed by atoms with E-state index in [9.17, 15) is 14.7 Å². The van der Waals surface area contributed by atoms with Crippen LogP contribution in [0, 0.1) is 20.8 Å². The number of aryl methyl sites for hydroxylation is 3. The summed E-state index contributed by atoms with van der Waals surface area (Å²) in [5, 5.41) is 16.4. The molecule has 3 N–H and O–H groups in total. The van der Waals surface area contributed by atoms with E-state index in [4.69, 9.17) is 4.74 Å². The van der Waals surface area contributed by atoms with E-state index in [1.54, 1.807) is 12.1 Å². The van der Waals surface area contributed by atoms with E-state index in [0.717, 1.165) is 80.7 Å². The lowest BCUT2D eigenvalue weighted by molar-refractivity contribution is -0.919. The van der Waals surface area contributed by atoms with Gasteiger partial charge in [-0.15, -0.1) is 0 Å². The Bertz CT molecular complexity index is 1110. The molecular weight excluding hydrogens is 516 g/mol. The van der Waals surface area contributed by atoms with E-state index in [0.29, 0.717) is 36.5 Å². The Kier molecular flexibility index (Phi) is 12.6. The molecule has 2 amide bonds. The predicted molar refractivity (Wildman–Crippen MR) is 166 cm³/mol. The van der Waals surface area contributed by atoms with Crippen molar-refractivity contribution in [2.75, 3.05) is 63.1 Å². The molecule has 1 fully saturated rings. The van der Waals surface area contributed by atoms with Gasteiger partial charge in [0.25, 0.3) is 5.91 Å². The molecule has 226 valence electrons. The number of anilines is 2. The molecule has 2 atom stereocenters. The first kappa shape index (κ1) is 32.6. The second-order valence-electron chi connectivity index (χ2n) is 11.5. The highest BCUT2D eigenvalue weighted by Crippen LogP contribution is 2.27. The number of amides is 2. The molecule has 1 aliphatic rings. The van der Waals surface area contributed by atoms with Crippen LogP contribution in [0.25, 0.3) is 0 Å². The first-order valence-corrected chi connectivity index (χ1v) is 15.3. The SMILES string of the molecule is CCCC[N+](CC)(CCOCCN1CCCCC1C(=O)Nc1c(C)cccc1C)CC(=O)Nc1c(C)cccc1O. The zero-order valence-electron chi connectivity index (χ0n) is 25.8. The Balaban J connectivity index is 1.54. The van der Waals surface area contributed by atoms with Gasteiger partial charge in [0, 0.05) is 12.2 Å². The first-order chi connectivity index (χ1) is 19.7. The van der Waals surface area contributed by atoms with Crippen LogP contribution in [0.2, 0.25) is 0 Å². The molecule has 2 unspecified atom stereocenters. The van der Waals surface area contributed by atoms with Gasteiger partial charge in [0.1, 0.15) is 12.3 Å². The quantitative estimate of drug-likeness (QED) is 0.152. The van der Waals surface area contributed by atoms with Crippen LogP contribution < -0.4 is 10.6 Å². The molecular formula is C33H51N4O4+. The van der Waals surface area contributed by atoms with Gasteiger partial charge in [0.2, 0.25) is 5.91 Å². The molecule has 0 aliphatic carbocycles. The van der Waals surface area contributed by atoms with Crippen LogP contribution >= 0.6 is 0 Å². The summed E-state index contributed by atoms with van der Waals surface area (Å²) in [7, 11) is 0. The van der Waals surface area contributed by atoms with Gasteiger partial charge in [-0.3, -0.25) is 14.5 Å². The smallest absolute Gasteiger partial charge is 0.279 e. The number of ether oxygens (including phenoxy) is 1. The average Bonchev–Trinajstić information content (AvgIpc) is 2.95. The van der Waals surface area contributed by atoms with Crippen molar-refractivity contribution in [3.8, 4) is 5.75 Å². The van der Waals surface area contributed by atoms with E-state index in [1.807, 2.05) is 45.0 Å². The number of rotatable bonds is 15. The van der Waals surface area contributed by atoms with E-state index < -0.39 is 0 Å². The lowest BCUT2D eigenvalue weighted by Gasteiger charge is -2.37. The molecule has 1 aliphatic heterocycles. The van der Waals surface area contributed by atoms with Crippen molar-refractivity contribution in [2.24, 2.45) is 0 Å². The topological polar surface area (TPSA) is 90.9 Å². The summed E-state index contributed by atoms with van der Waals surface area (Å²) < 4.78 is 6.77. The molecule has 0 radical (unpaired) electrons. The molecule has 0 bridgehead atoms. The Labute approximate surface area is 246 Å². The molecule has 41 heavy (non-hydrogen) atoms. The summed E-state index contributed by atoms with van der Waals surface area (Å²) in [5.74, 6) is 0.0521. The van der Waals surface area contributed by atoms with Crippen LogP contribution in [0.3, 0.4) is 0 Å². The number of nitrogens with zero attached hydrogens (tertiary/aromatic N) is 2. The maximum Gasteiger partial charge on any atom is 0.279 e. The minimum atomic E-state index is -0.150. The molecule has 8 heteroatoms. The van der Waals surface area contributed by atoms with Crippen LogP contribution in [-0.2, 0) is 14.3 Å². The van der Waals surface area contributed by atoms with Gasteiger partial charge < -0.3 is 25.0 Å². The van der Waals surface area contributed by atoms with Crippen LogP contribution in [-0.4, -0.2) is 84.8 Å². The van der Waals surface area contributed by atoms with Crippen molar-refractivity contribution in [1.82, 2.24) is 4.90 Å². The van der Waals surface area contributed by atoms with Crippen molar-refractivity contribution < 1.29 is 23.9 Å². The molecule has 1 heterocycles. The molecule has 0 spiro atoms. The number of likely N-dealkylation sites (tertiary alicyclic amines) is 1. The largest absolute Gasteiger partial charge is 0.506 e. The van der Waals surface area contributed by atoms with Crippen molar-refractivity contribution in [2.45, 2.75) is 72.8 Å². The highest BCUT2D eigenvalue weighted by atomic mass is 16.5. The van der Waals surface area contributed by atoms with Gasteiger partial charge >= 0.3 is 0 Å². The lowest BCUT2D eigenvalue weighted by Crippen LogP contribution is -2.54. The lowest BCUT2D eigenvalue weighted by atomic mass is 10.0. The molecule has 2 aromatic carbocycles. The van der Waals surface area contributed by atoms with Crippen LogP contribution in [0.4, 0.5) is 11.4 Å². The summed E-state index contributed by atoms with van der Waals surface area (Å²) in [5.41, 5.74) is 4.39. The number of piperidine rings is 1. The fraction of sp³-hybridized carbons (Fsp3) is 0.576. The molecule has 0 aromatic heterocycles. The number of phenolic OH excluding ortho intramolecular Hbond substituents is 1. The number of unbranched alkanes of at least 4 members (excludes halogenated alkanes) is 1. The fourth-order valence-electron chi connectivity index (χ4n) is 5.81. The summed E-state index contributed by atoms with van der Waals surface area (Å²) in [6.45, 7) is 15.7. The summed E-state index contributed by atoms with van der Waals surface area (Å²) >= 11 is 0. The number of phenols is 1. The summed E-state index contributed by atoms with van der Waals surface area (Å²) in [6.07, 6.45) is 5.09. The fourth-order valence-corrected chi connectivity index (χ4v) is 5.81. The molecule has 3 rings (SSSR count). The zero-order chi connectivity index (χ0) is 29.8. The molecule has 0 saturated carbocycles. The average molecular weight is 568 g/mol. The third kappa shape index (κ3) is 9.28. The number of carbonyl (C=O) groups is 2. The Morgan fingerprint density at radius 2 is 1.63 bits per heavy atom. The minimum absolute atomic E-state index is 0.0639. The van der Waals surface area contributed by atoms with Gasteiger partial charge in [-0.25, -0.2) is 0 Å². The number of para-hydroxylation sites is 2. The molecule has 1 saturated heterocycles. The number of hydrogen-bond donors (Lipinski definition) is 3. The van der Waals surface area contributed by atoms with Gasteiger partial charge in [-0.2, -0.15) is 0 Å². The number of aromatic hydroxyl groups is 1. The summed E-state index contributed by atoms with van der Waals surface area (Å²) in [6, 6.07) is 11.2. The Morgan fingerprint density at radius 3 is 2.29 bits per heavy atom. The van der Waals surface area contributed by atoms with Crippen molar-refractivity contribution >= 4 is 23.2 Å². The third-order valence-electron chi connectivity index (χ3n) is 8.53. The van der Waals surface area contributed by atoms with Crippen LogP contribution in [0.5, 0.6) is 5.75 Å². The third-order valence-corrected chi connectivity index (χ3v) is 8.53. The highest BCUT2D eigenvalue weighted by Gasteiger charge is 2.30. The van der Waals surface area contributed by atoms with Gasteiger partial charge in [-0.05, 0) is 76.3 Å². The van der Waals surface area contributed by atoms with E-state index >= 15 is 0 Å². The van der Waals surface area contributed by atoms with Crippen molar-refractivity contribution in [3.63, 3.8) is 0 Å². The summed E-state index contributed by atoms with van der Waals surface area (Å²) in [4.78, 5) is 28.6.